The summed E-state index contributed by atoms with van der Waals surface area (Å²) in [7, 11) is 1.62. The lowest BCUT2D eigenvalue weighted by molar-refractivity contribution is -0.123. The summed E-state index contributed by atoms with van der Waals surface area (Å²) in [5, 5.41) is 4.12. The van der Waals surface area contributed by atoms with Gasteiger partial charge in [-0.25, -0.2) is 5.43 Å². The van der Waals surface area contributed by atoms with Crippen molar-refractivity contribution in [3.8, 4) is 11.5 Å². The zero-order valence-corrected chi connectivity index (χ0v) is 15.1. The van der Waals surface area contributed by atoms with Crippen LogP contribution in [0.5, 0.6) is 11.5 Å². The maximum Gasteiger partial charge on any atom is 0.277 e. The fourth-order valence-electron chi connectivity index (χ4n) is 2.31. The first-order chi connectivity index (χ1) is 12.0. The van der Waals surface area contributed by atoms with Gasteiger partial charge in [0.25, 0.3) is 5.91 Å². The topological polar surface area (TPSA) is 59.9 Å². The van der Waals surface area contributed by atoms with Gasteiger partial charge in [-0.2, -0.15) is 5.10 Å². The van der Waals surface area contributed by atoms with Gasteiger partial charge in [-0.15, -0.1) is 0 Å². The first-order valence-corrected chi connectivity index (χ1v) is 8.20. The Hall–Kier alpha value is -2.82. The van der Waals surface area contributed by atoms with Gasteiger partial charge in [0.05, 0.1) is 12.8 Å². The van der Waals surface area contributed by atoms with Gasteiger partial charge >= 0.3 is 0 Å². The zero-order chi connectivity index (χ0) is 18.2. The Kier molecular flexibility index (Phi) is 6.57. The number of benzene rings is 2. The maximum absolute atomic E-state index is 12.0. The van der Waals surface area contributed by atoms with Gasteiger partial charge in [0.15, 0.2) is 6.61 Å². The number of hydrogen-bond donors (Lipinski definition) is 1. The van der Waals surface area contributed by atoms with Crippen molar-refractivity contribution in [2.24, 2.45) is 5.10 Å². The quantitative estimate of drug-likeness (QED) is 0.617. The minimum absolute atomic E-state index is 0.0802. The minimum atomic E-state index is -0.300. The number of rotatable bonds is 7. The fourth-order valence-corrected chi connectivity index (χ4v) is 2.31. The van der Waals surface area contributed by atoms with E-state index in [1.807, 2.05) is 55.5 Å². The lowest BCUT2D eigenvalue weighted by Gasteiger charge is -2.13. The predicted octanol–water partition coefficient (Wildman–Crippen LogP) is 3.74. The average molecular weight is 340 g/mol. The second-order valence-electron chi connectivity index (χ2n) is 5.94. The van der Waals surface area contributed by atoms with Crippen molar-refractivity contribution in [2.45, 2.75) is 26.7 Å². The number of amides is 1. The highest BCUT2D eigenvalue weighted by Gasteiger charge is 2.09. The van der Waals surface area contributed by atoms with Crippen molar-refractivity contribution >= 4 is 11.6 Å². The molecule has 0 saturated carbocycles. The molecule has 5 nitrogen and oxygen atoms in total. The molecule has 1 amide bonds. The Bertz CT molecular complexity index is 737. The Morgan fingerprint density at radius 1 is 1.12 bits per heavy atom. The van der Waals surface area contributed by atoms with Gasteiger partial charge in [0.2, 0.25) is 0 Å². The second-order valence-corrected chi connectivity index (χ2v) is 5.94. The largest absolute Gasteiger partial charge is 0.497 e. The van der Waals surface area contributed by atoms with Crippen LogP contribution in [0.3, 0.4) is 0 Å². The number of carbonyl (C=O) groups is 1. The van der Waals surface area contributed by atoms with Crippen molar-refractivity contribution in [1.29, 1.82) is 0 Å². The normalized spacial score (nSPS) is 11.3. The predicted molar refractivity (Wildman–Crippen MR) is 99.4 cm³/mol. The molecule has 1 N–H and O–H groups in total. The smallest absolute Gasteiger partial charge is 0.277 e. The number of methoxy groups -OCH3 is 1. The van der Waals surface area contributed by atoms with E-state index in [9.17, 15) is 4.79 Å². The van der Waals surface area contributed by atoms with Crippen LogP contribution in [0.25, 0.3) is 0 Å². The van der Waals surface area contributed by atoms with Crippen LogP contribution in [0, 0.1) is 0 Å². The number of hydrazone groups is 1. The summed E-state index contributed by atoms with van der Waals surface area (Å²) in [6.07, 6.45) is 0. The van der Waals surface area contributed by atoms with Crippen LogP contribution in [-0.2, 0) is 4.79 Å². The first-order valence-electron chi connectivity index (χ1n) is 8.20. The molecule has 0 heterocycles. The Morgan fingerprint density at radius 3 is 2.44 bits per heavy atom. The SMILES string of the molecule is COc1ccc(/C(C)=N\NC(=O)COc2ccccc2C(C)C)cc1. The zero-order valence-electron chi connectivity index (χ0n) is 15.1. The summed E-state index contributed by atoms with van der Waals surface area (Å²) in [6.45, 7) is 5.93. The molecule has 132 valence electrons. The van der Waals surface area contributed by atoms with Crippen molar-refractivity contribution in [2.75, 3.05) is 13.7 Å². The number of ether oxygens (including phenoxy) is 2. The second kappa shape index (κ2) is 8.87. The van der Waals surface area contributed by atoms with Gasteiger partial charge in [0.1, 0.15) is 11.5 Å². The van der Waals surface area contributed by atoms with Crippen LogP contribution in [-0.4, -0.2) is 25.3 Å². The third-order valence-electron chi connectivity index (χ3n) is 3.76. The van der Waals surface area contributed by atoms with E-state index in [0.29, 0.717) is 11.6 Å². The molecule has 25 heavy (non-hydrogen) atoms. The molecule has 0 bridgehead atoms. The van der Waals surface area contributed by atoms with Crippen LogP contribution in [0.2, 0.25) is 0 Å². The molecule has 0 saturated heterocycles. The van der Waals surface area contributed by atoms with E-state index >= 15 is 0 Å². The van der Waals surface area contributed by atoms with E-state index in [1.165, 1.54) is 0 Å². The Balaban J connectivity index is 1.91. The lowest BCUT2D eigenvalue weighted by Crippen LogP contribution is -2.25. The van der Waals surface area contributed by atoms with Crippen molar-refractivity contribution in [3.05, 3.63) is 59.7 Å². The summed E-state index contributed by atoms with van der Waals surface area (Å²) in [5.41, 5.74) is 5.21. The van der Waals surface area contributed by atoms with Crippen molar-refractivity contribution in [1.82, 2.24) is 5.43 Å². The van der Waals surface area contributed by atoms with Gasteiger partial charge in [-0.05, 0) is 54.3 Å². The number of nitrogens with one attached hydrogen (secondary N) is 1. The molecule has 2 aromatic rings. The minimum Gasteiger partial charge on any atom is -0.497 e. The van der Waals surface area contributed by atoms with E-state index < -0.39 is 0 Å². The third-order valence-corrected chi connectivity index (χ3v) is 3.76. The number of nitrogens with zero attached hydrogens (tertiary/aromatic N) is 1. The summed E-state index contributed by atoms with van der Waals surface area (Å²) in [6, 6.07) is 15.2. The van der Waals surface area contributed by atoms with Crippen LogP contribution >= 0.6 is 0 Å². The maximum atomic E-state index is 12.0. The Morgan fingerprint density at radius 2 is 1.80 bits per heavy atom. The van der Waals surface area contributed by atoms with Gasteiger partial charge < -0.3 is 9.47 Å². The number of hydrogen-bond acceptors (Lipinski definition) is 4. The standard InChI is InChI=1S/C20H24N2O3/c1-14(2)18-7-5-6-8-19(18)25-13-20(23)22-21-15(3)16-9-11-17(24-4)12-10-16/h5-12,14H,13H2,1-4H3,(H,22,23)/b21-15-. The lowest BCUT2D eigenvalue weighted by atomic mass is 10.0. The molecular formula is C20H24N2O3. The molecule has 2 rings (SSSR count). The van der Waals surface area contributed by atoms with Crippen molar-refractivity contribution < 1.29 is 14.3 Å². The molecule has 0 radical (unpaired) electrons. The van der Waals surface area contributed by atoms with Crippen LogP contribution < -0.4 is 14.9 Å². The molecule has 0 atom stereocenters. The number of carbonyl (C=O) groups excluding carboxylic acids is 1. The summed E-state index contributed by atoms with van der Waals surface area (Å²) in [4.78, 5) is 12.0. The van der Waals surface area contributed by atoms with Gasteiger partial charge in [0, 0.05) is 0 Å². The summed E-state index contributed by atoms with van der Waals surface area (Å²) < 4.78 is 10.8. The van der Waals surface area contributed by atoms with E-state index in [2.05, 4.69) is 24.4 Å². The Labute approximate surface area is 148 Å². The molecule has 0 fully saturated rings. The molecule has 5 heteroatoms. The fraction of sp³-hybridized carbons (Fsp3) is 0.300. The van der Waals surface area contributed by atoms with Crippen LogP contribution in [0.15, 0.2) is 53.6 Å². The molecule has 0 aliphatic carbocycles. The molecule has 0 aromatic heterocycles. The van der Waals surface area contributed by atoms with E-state index in [4.69, 9.17) is 9.47 Å². The van der Waals surface area contributed by atoms with E-state index in [-0.39, 0.29) is 12.5 Å². The molecule has 0 aliphatic rings. The van der Waals surface area contributed by atoms with E-state index in [0.717, 1.165) is 22.6 Å². The van der Waals surface area contributed by atoms with Gasteiger partial charge in [-0.1, -0.05) is 32.0 Å². The molecule has 2 aromatic carbocycles. The monoisotopic (exact) mass is 340 g/mol. The average Bonchev–Trinajstić information content (AvgIpc) is 2.64. The summed E-state index contributed by atoms with van der Waals surface area (Å²) in [5.74, 6) is 1.53. The highest BCUT2D eigenvalue weighted by atomic mass is 16.5. The summed E-state index contributed by atoms with van der Waals surface area (Å²) >= 11 is 0. The third kappa shape index (κ3) is 5.35. The van der Waals surface area contributed by atoms with Crippen LogP contribution in [0.1, 0.15) is 37.8 Å². The number of para-hydroxylation sites is 1. The molecule has 0 spiro atoms. The molecule has 0 aliphatic heterocycles. The highest BCUT2D eigenvalue weighted by Crippen LogP contribution is 2.25. The van der Waals surface area contributed by atoms with Gasteiger partial charge in [-0.3, -0.25) is 4.79 Å². The highest BCUT2D eigenvalue weighted by molar-refractivity contribution is 5.99. The van der Waals surface area contributed by atoms with Crippen molar-refractivity contribution in [3.63, 3.8) is 0 Å². The van der Waals surface area contributed by atoms with E-state index in [1.54, 1.807) is 7.11 Å². The van der Waals surface area contributed by atoms with Crippen LogP contribution in [0.4, 0.5) is 0 Å². The molecular weight excluding hydrogens is 316 g/mol. The molecule has 0 unspecified atom stereocenters. The first kappa shape index (κ1) is 18.5.